The Bertz CT molecular complexity index is 1870. The third-order valence-corrected chi connectivity index (χ3v) is 8.64. The zero-order valence-electron chi connectivity index (χ0n) is 27.2. The summed E-state index contributed by atoms with van der Waals surface area (Å²) in [6.45, 7) is 1.67. The van der Waals surface area contributed by atoms with Crippen LogP contribution in [0.4, 0.5) is 22.4 Å². The molecule has 0 aliphatic heterocycles. The highest BCUT2D eigenvalue weighted by molar-refractivity contribution is 9.10. The lowest BCUT2D eigenvalue weighted by Gasteiger charge is -2.33. The number of amides is 2. The van der Waals surface area contributed by atoms with E-state index >= 15 is 0 Å². The van der Waals surface area contributed by atoms with Gasteiger partial charge < -0.3 is 30.0 Å². The van der Waals surface area contributed by atoms with Crippen molar-refractivity contribution >= 4 is 27.9 Å². The van der Waals surface area contributed by atoms with E-state index in [-0.39, 0.29) is 45.3 Å². The van der Waals surface area contributed by atoms with Crippen LogP contribution in [0, 0.1) is 5.82 Å². The van der Waals surface area contributed by atoms with Gasteiger partial charge in [0.15, 0.2) is 11.5 Å². The minimum atomic E-state index is -5.35. The number of aromatic nitrogens is 1. The van der Waals surface area contributed by atoms with Crippen molar-refractivity contribution in [2.45, 2.75) is 56.7 Å². The van der Waals surface area contributed by atoms with Crippen molar-refractivity contribution in [2.75, 3.05) is 13.7 Å². The van der Waals surface area contributed by atoms with Gasteiger partial charge in [-0.15, -0.1) is 0 Å². The van der Waals surface area contributed by atoms with Crippen LogP contribution in [0.3, 0.4) is 0 Å². The molecule has 1 aromatic heterocycles. The van der Waals surface area contributed by atoms with E-state index < -0.39 is 47.4 Å². The standard InChI is InChI=1S/C36H34BrF4N3O6/c1-34(2,44-33(46)49-19-21-7-5-4-6-8-21)24-17-28(22-9-13-27(38)26(37)15-22)43-31(18-24)35(47,36(39,40)41)20-42-32(45)23-10-14-29(30(16-23)48-3)50-25-11-12-25/h4-10,13-18,25,47H,11-12,19-20H2,1-3H3,(H,42,45)(H,44,46). The highest BCUT2D eigenvalue weighted by Crippen LogP contribution is 2.41. The minimum absolute atomic E-state index is 0.0213. The number of aliphatic hydroxyl groups is 1. The fourth-order valence-electron chi connectivity index (χ4n) is 4.91. The summed E-state index contributed by atoms with van der Waals surface area (Å²) in [5.41, 5.74) is -5.06. The third-order valence-electron chi connectivity index (χ3n) is 8.03. The number of alkyl halides is 3. The summed E-state index contributed by atoms with van der Waals surface area (Å²) in [6, 6.07) is 19.2. The number of hydrogen-bond acceptors (Lipinski definition) is 7. The molecular weight excluding hydrogens is 726 g/mol. The highest BCUT2D eigenvalue weighted by atomic mass is 79.9. The first-order chi connectivity index (χ1) is 23.6. The molecule has 1 fully saturated rings. The van der Waals surface area contributed by atoms with Gasteiger partial charge in [0.1, 0.15) is 12.4 Å². The van der Waals surface area contributed by atoms with E-state index in [0.29, 0.717) is 11.3 Å². The molecule has 1 unspecified atom stereocenters. The molecule has 9 nitrogen and oxygen atoms in total. The van der Waals surface area contributed by atoms with Gasteiger partial charge in [-0.1, -0.05) is 30.3 Å². The summed E-state index contributed by atoms with van der Waals surface area (Å²) < 4.78 is 75.1. The van der Waals surface area contributed by atoms with Gasteiger partial charge in [-0.3, -0.25) is 4.79 Å². The average Bonchev–Trinajstić information content (AvgIpc) is 3.91. The number of halogens is 5. The second-order valence-corrected chi connectivity index (χ2v) is 13.1. The molecule has 14 heteroatoms. The van der Waals surface area contributed by atoms with Crippen LogP contribution in [0.2, 0.25) is 0 Å². The summed E-state index contributed by atoms with van der Waals surface area (Å²) in [7, 11) is 1.37. The van der Waals surface area contributed by atoms with Gasteiger partial charge in [0.2, 0.25) is 5.60 Å². The first kappa shape index (κ1) is 36.6. The number of methoxy groups -OCH3 is 1. The Balaban J connectivity index is 1.47. The Morgan fingerprint density at radius 1 is 0.980 bits per heavy atom. The van der Waals surface area contributed by atoms with Crippen molar-refractivity contribution in [1.82, 2.24) is 15.6 Å². The first-order valence-corrected chi connectivity index (χ1v) is 16.3. The molecule has 0 saturated heterocycles. The van der Waals surface area contributed by atoms with Crippen molar-refractivity contribution in [2.24, 2.45) is 0 Å². The van der Waals surface area contributed by atoms with Crippen LogP contribution in [-0.4, -0.2) is 48.0 Å². The van der Waals surface area contributed by atoms with E-state index in [0.717, 1.165) is 25.0 Å². The SMILES string of the molecule is COc1cc(C(=O)NCC(O)(c2cc(C(C)(C)NC(=O)OCc3ccccc3)cc(-c3ccc(F)c(Br)c3)n2)C(F)(F)F)ccc1OC1CC1. The minimum Gasteiger partial charge on any atom is -0.493 e. The van der Waals surface area contributed by atoms with Crippen LogP contribution >= 0.6 is 15.9 Å². The Morgan fingerprint density at radius 3 is 2.34 bits per heavy atom. The molecule has 4 aromatic rings. The summed E-state index contributed by atoms with van der Waals surface area (Å²) in [5, 5.41) is 16.2. The average molecular weight is 761 g/mol. The quantitative estimate of drug-likeness (QED) is 0.128. The van der Waals surface area contributed by atoms with E-state index in [1.54, 1.807) is 30.3 Å². The van der Waals surface area contributed by atoms with E-state index in [2.05, 4.69) is 31.5 Å². The smallest absolute Gasteiger partial charge is 0.424 e. The molecule has 3 N–H and O–H groups in total. The predicted octanol–water partition coefficient (Wildman–Crippen LogP) is 7.54. The molecule has 5 rings (SSSR count). The molecule has 0 radical (unpaired) electrons. The van der Waals surface area contributed by atoms with Crippen LogP contribution < -0.4 is 20.1 Å². The van der Waals surface area contributed by atoms with Crippen molar-refractivity contribution in [3.05, 3.63) is 112 Å². The second kappa shape index (κ2) is 14.7. The molecular formula is C36H34BrF4N3O6. The molecule has 0 bridgehead atoms. The fourth-order valence-corrected chi connectivity index (χ4v) is 5.29. The van der Waals surface area contributed by atoms with Gasteiger partial charge in [0, 0.05) is 11.1 Å². The van der Waals surface area contributed by atoms with Crippen molar-refractivity contribution in [3.8, 4) is 22.8 Å². The fraction of sp³-hybridized carbons (Fsp3) is 0.306. The second-order valence-electron chi connectivity index (χ2n) is 12.3. The number of ether oxygens (including phenoxy) is 3. The maximum Gasteiger partial charge on any atom is 0.424 e. The zero-order valence-corrected chi connectivity index (χ0v) is 28.8. The number of pyridine rings is 1. The number of benzene rings is 3. The molecule has 264 valence electrons. The van der Waals surface area contributed by atoms with Crippen molar-refractivity contribution < 1.29 is 46.5 Å². The lowest BCUT2D eigenvalue weighted by Crippen LogP contribution is -2.52. The maximum absolute atomic E-state index is 14.9. The Morgan fingerprint density at radius 2 is 1.70 bits per heavy atom. The lowest BCUT2D eigenvalue weighted by molar-refractivity contribution is -0.265. The largest absolute Gasteiger partial charge is 0.493 e. The monoisotopic (exact) mass is 759 g/mol. The van der Waals surface area contributed by atoms with E-state index in [9.17, 15) is 32.3 Å². The lowest BCUT2D eigenvalue weighted by atomic mass is 9.88. The molecule has 1 aliphatic carbocycles. The van der Waals surface area contributed by atoms with Gasteiger partial charge >= 0.3 is 12.3 Å². The number of rotatable bonds is 12. The number of carbonyl (C=O) groups excluding carboxylic acids is 2. The number of nitrogens with zero attached hydrogens (tertiary/aromatic N) is 1. The number of nitrogens with one attached hydrogen (secondary N) is 2. The van der Waals surface area contributed by atoms with Crippen LogP contribution in [-0.2, 0) is 22.5 Å². The summed E-state index contributed by atoms with van der Waals surface area (Å²) in [6.07, 6.45) is -4.41. The van der Waals surface area contributed by atoms with E-state index in [4.69, 9.17) is 14.2 Å². The number of alkyl carbamates (subject to hydrolysis) is 1. The maximum atomic E-state index is 14.9. The van der Waals surface area contributed by atoms with Gasteiger partial charge in [-0.2, -0.15) is 13.2 Å². The zero-order chi connectivity index (χ0) is 36.3. The first-order valence-electron chi connectivity index (χ1n) is 15.5. The van der Waals surface area contributed by atoms with E-state index in [1.165, 1.54) is 57.4 Å². The molecule has 50 heavy (non-hydrogen) atoms. The third kappa shape index (κ3) is 8.53. The van der Waals surface area contributed by atoms with Crippen LogP contribution in [0.15, 0.2) is 83.3 Å². The Labute approximate surface area is 294 Å². The topological polar surface area (TPSA) is 119 Å². The molecule has 1 atom stereocenters. The molecule has 0 spiro atoms. The van der Waals surface area contributed by atoms with Gasteiger partial charge in [-0.25, -0.2) is 14.2 Å². The van der Waals surface area contributed by atoms with Crippen LogP contribution in [0.5, 0.6) is 11.5 Å². The van der Waals surface area contributed by atoms with Gasteiger partial charge in [-0.05, 0) is 102 Å². The Kier molecular flexibility index (Phi) is 10.7. The van der Waals surface area contributed by atoms with Crippen molar-refractivity contribution in [1.29, 1.82) is 0 Å². The highest BCUT2D eigenvalue weighted by Gasteiger charge is 2.56. The molecule has 1 saturated carbocycles. The molecule has 3 aromatic carbocycles. The molecule has 1 aliphatic rings. The molecule has 2 amide bonds. The van der Waals surface area contributed by atoms with Crippen molar-refractivity contribution in [3.63, 3.8) is 0 Å². The summed E-state index contributed by atoms with van der Waals surface area (Å²) >= 11 is 3.08. The van der Waals surface area contributed by atoms with Crippen LogP contribution in [0.1, 0.15) is 53.9 Å². The number of hydrogen-bond donors (Lipinski definition) is 3. The summed E-state index contributed by atoms with van der Waals surface area (Å²) in [5.74, 6) is -0.936. The van der Waals surface area contributed by atoms with E-state index in [1.807, 2.05) is 0 Å². The number of carbonyl (C=O) groups is 2. The predicted molar refractivity (Wildman–Crippen MR) is 179 cm³/mol. The van der Waals surface area contributed by atoms with Gasteiger partial charge in [0.25, 0.3) is 5.91 Å². The van der Waals surface area contributed by atoms with Crippen LogP contribution in [0.25, 0.3) is 11.3 Å². The summed E-state index contributed by atoms with van der Waals surface area (Å²) in [4.78, 5) is 30.1. The normalized spacial score (nSPS) is 14.3. The molecule has 1 heterocycles. The Hall–Kier alpha value is -4.69. The van der Waals surface area contributed by atoms with Gasteiger partial charge in [0.05, 0.1) is 41.2 Å².